The van der Waals surface area contributed by atoms with E-state index in [0.29, 0.717) is 38.9 Å². The van der Waals surface area contributed by atoms with E-state index in [-0.39, 0.29) is 23.4 Å². The van der Waals surface area contributed by atoms with Crippen molar-refractivity contribution in [2.24, 2.45) is 5.41 Å². The first kappa shape index (κ1) is 18.6. The van der Waals surface area contributed by atoms with Crippen molar-refractivity contribution in [2.75, 3.05) is 40.8 Å². The molecule has 1 aromatic carbocycles. The minimum atomic E-state index is -0.596. The SMILES string of the molecule is COc1cccc(F)c1C(=O)N1CCC2(CC1)CC(CN(C)C)OC2=O. The lowest BCUT2D eigenvalue weighted by Gasteiger charge is -2.36. The number of cyclic esters (lactones) is 1. The number of benzene rings is 1. The van der Waals surface area contributed by atoms with Gasteiger partial charge in [0.15, 0.2) is 0 Å². The van der Waals surface area contributed by atoms with Gasteiger partial charge in [-0.15, -0.1) is 0 Å². The summed E-state index contributed by atoms with van der Waals surface area (Å²) in [5.41, 5.74) is -0.568. The maximum Gasteiger partial charge on any atom is 0.312 e. The predicted octanol–water partition coefficient (Wildman–Crippen LogP) is 1.93. The predicted molar refractivity (Wildman–Crippen MR) is 93.6 cm³/mol. The van der Waals surface area contributed by atoms with E-state index in [0.717, 1.165) is 0 Å². The molecule has 1 aromatic rings. The van der Waals surface area contributed by atoms with Crippen molar-refractivity contribution in [3.63, 3.8) is 0 Å². The van der Waals surface area contributed by atoms with Gasteiger partial charge in [0.2, 0.25) is 0 Å². The Morgan fingerprint density at radius 1 is 1.38 bits per heavy atom. The number of ether oxygens (including phenoxy) is 2. The fraction of sp³-hybridized carbons (Fsp3) is 0.579. The van der Waals surface area contributed by atoms with Crippen molar-refractivity contribution in [3.8, 4) is 5.75 Å². The van der Waals surface area contributed by atoms with Crippen LogP contribution in [0, 0.1) is 11.2 Å². The average Bonchev–Trinajstić information content (AvgIpc) is 2.88. The van der Waals surface area contributed by atoms with E-state index in [1.165, 1.54) is 19.2 Å². The molecule has 0 aliphatic carbocycles. The summed E-state index contributed by atoms with van der Waals surface area (Å²) in [5, 5.41) is 0. The summed E-state index contributed by atoms with van der Waals surface area (Å²) < 4.78 is 24.8. The minimum Gasteiger partial charge on any atom is -0.496 e. The topological polar surface area (TPSA) is 59.1 Å². The quantitative estimate of drug-likeness (QED) is 0.764. The number of carbonyl (C=O) groups is 2. The van der Waals surface area contributed by atoms with E-state index < -0.39 is 17.1 Å². The van der Waals surface area contributed by atoms with Crippen LogP contribution in [0.3, 0.4) is 0 Å². The fourth-order valence-corrected chi connectivity index (χ4v) is 3.93. The zero-order valence-electron chi connectivity index (χ0n) is 15.5. The Balaban J connectivity index is 1.69. The van der Waals surface area contributed by atoms with Gasteiger partial charge in [-0.2, -0.15) is 0 Å². The van der Waals surface area contributed by atoms with Gasteiger partial charge in [-0.05, 0) is 39.1 Å². The highest BCUT2D eigenvalue weighted by molar-refractivity contribution is 5.97. The van der Waals surface area contributed by atoms with Gasteiger partial charge in [0.25, 0.3) is 5.91 Å². The first-order chi connectivity index (χ1) is 12.4. The van der Waals surface area contributed by atoms with Crippen LogP contribution in [0.4, 0.5) is 4.39 Å². The number of esters is 1. The van der Waals surface area contributed by atoms with Crippen molar-refractivity contribution < 1.29 is 23.5 Å². The van der Waals surface area contributed by atoms with E-state index in [4.69, 9.17) is 9.47 Å². The number of likely N-dealkylation sites (N-methyl/N-ethyl adjacent to an activating group) is 1. The van der Waals surface area contributed by atoms with E-state index in [1.807, 2.05) is 19.0 Å². The lowest BCUT2D eigenvalue weighted by Crippen LogP contribution is -2.45. The number of likely N-dealkylation sites (tertiary alicyclic amines) is 1. The number of carbonyl (C=O) groups excluding carboxylic acids is 2. The van der Waals surface area contributed by atoms with Crippen LogP contribution in [0.1, 0.15) is 29.6 Å². The summed E-state index contributed by atoms with van der Waals surface area (Å²) >= 11 is 0. The van der Waals surface area contributed by atoms with E-state index in [1.54, 1.807) is 11.0 Å². The van der Waals surface area contributed by atoms with Crippen LogP contribution >= 0.6 is 0 Å². The number of amides is 1. The maximum atomic E-state index is 14.2. The highest BCUT2D eigenvalue weighted by Crippen LogP contribution is 2.43. The molecular weight excluding hydrogens is 339 g/mol. The van der Waals surface area contributed by atoms with Gasteiger partial charge >= 0.3 is 5.97 Å². The van der Waals surface area contributed by atoms with Gasteiger partial charge in [-0.1, -0.05) is 6.07 Å². The van der Waals surface area contributed by atoms with Crippen LogP contribution in [-0.4, -0.2) is 68.6 Å². The Hall–Kier alpha value is -2.15. The summed E-state index contributed by atoms with van der Waals surface area (Å²) in [7, 11) is 5.31. The molecule has 7 heteroatoms. The largest absolute Gasteiger partial charge is 0.496 e. The van der Waals surface area contributed by atoms with Crippen molar-refractivity contribution in [3.05, 3.63) is 29.6 Å². The number of nitrogens with zero attached hydrogens (tertiary/aromatic N) is 2. The zero-order valence-corrected chi connectivity index (χ0v) is 15.5. The Morgan fingerprint density at radius 2 is 2.08 bits per heavy atom. The molecule has 1 amide bonds. The maximum absolute atomic E-state index is 14.2. The molecule has 2 aliphatic rings. The van der Waals surface area contributed by atoms with Crippen LogP contribution in [0.2, 0.25) is 0 Å². The molecule has 2 fully saturated rings. The molecule has 0 saturated carbocycles. The molecule has 2 heterocycles. The van der Waals surface area contributed by atoms with E-state index >= 15 is 0 Å². The molecule has 2 saturated heterocycles. The molecule has 6 nitrogen and oxygen atoms in total. The second-order valence-electron chi connectivity index (χ2n) is 7.38. The summed E-state index contributed by atoms with van der Waals surface area (Å²) in [5.74, 6) is -0.937. The first-order valence-electron chi connectivity index (χ1n) is 8.84. The average molecular weight is 364 g/mol. The van der Waals surface area contributed by atoms with Gasteiger partial charge in [-0.25, -0.2) is 4.39 Å². The van der Waals surface area contributed by atoms with E-state index in [9.17, 15) is 14.0 Å². The molecule has 0 N–H and O–H groups in total. The molecule has 1 spiro atoms. The Labute approximate surface area is 152 Å². The van der Waals surface area contributed by atoms with Gasteiger partial charge < -0.3 is 19.3 Å². The molecule has 0 radical (unpaired) electrons. The molecule has 1 atom stereocenters. The number of halogens is 1. The molecule has 1 unspecified atom stereocenters. The normalized spacial score (nSPS) is 22.0. The molecule has 0 bridgehead atoms. The van der Waals surface area contributed by atoms with Crippen molar-refractivity contribution in [1.82, 2.24) is 9.80 Å². The monoisotopic (exact) mass is 364 g/mol. The summed E-state index contributed by atoms with van der Waals surface area (Å²) in [6, 6.07) is 4.33. The summed E-state index contributed by atoms with van der Waals surface area (Å²) in [4.78, 5) is 28.8. The third-order valence-electron chi connectivity index (χ3n) is 5.31. The Bertz CT molecular complexity index is 699. The van der Waals surface area contributed by atoms with Crippen molar-refractivity contribution >= 4 is 11.9 Å². The molecule has 3 rings (SSSR count). The highest BCUT2D eigenvalue weighted by Gasteiger charge is 2.51. The number of rotatable bonds is 4. The second-order valence-corrected chi connectivity index (χ2v) is 7.38. The van der Waals surface area contributed by atoms with Crippen LogP contribution in [-0.2, 0) is 9.53 Å². The first-order valence-corrected chi connectivity index (χ1v) is 8.84. The molecular formula is C19H25FN2O4. The van der Waals surface area contributed by atoms with Crippen LogP contribution in [0.25, 0.3) is 0 Å². The van der Waals surface area contributed by atoms with E-state index in [2.05, 4.69) is 0 Å². The minimum absolute atomic E-state index is 0.0505. The van der Waals surface area contributed by atoms with Crippen LogP contribution in [0.5, 0.6) is 5.75 Å². The lowest BCUT2D eigenvalue weighted by molar-refractivity contribution is -0.150. The summed E-state index contributed by atoms with van der Waals surface area (Å²) in [6.45, 7) is 1.50. The van der Waals surface area contributed by atoms with Crippen LogP contribution < -0.4 is 4.74 Å². The molecule has 2 aliphatic heterocycles. The van der Waals surface area contributed by atoms with Crippen LogP contribution in [0.15, 0.2) is 18.2 Å². The summed E-state index contributed by atoms with van der Waals surface area (Å²) in [6.07, 6.45) is 1.65. The number of piperidine rings is 1. The Morgan fingerprint density at radius 3 is 2.69 bits per heavy atom. The molecule has 0 aromatic heterocycles. The van der Waals surface area contributed by atoms with Gasteiger partial charge in [0.05, 0.1) is 12.5 Å². The highest BCUT2D eigenvalue weighted by atomic mass is 19.1. The van der Waals surface area contributed by atoms with Gasteiger partial charge in [0, 0.05) is 26.1 Å². The smallest absolute Gasteiger partial charge is 0.312 e. The number of methoxy groups -OCH3 is 1. The fourth-order valence-electron chi connectivity index (χ4n) is 3.93. The zero-order chi connectivity index (χ0) is 18.9. The standard InChI is InChI=1S/C19H25FN2O4/c1-21(2)12-13-11-19(18(24)26-13)7-9-22(10-8-19)17(23)16-14(20)5-4-6-15(16)25-3/h4-6,13H,7-12H2,1-3H3. The second kappa shape index (κ2) is 7.23. The van der Waals surface area contributed by atoms with Crippen molar-refractivity contribution in [1.29, 1.82) is 0 Å². The van der Waals surface area contributed by atoms with Gasteiger partial charge in [-0.3, -0.25) is 9.59 Å². The third-order valence-corrected chi connectivity index (χ3v) is 5.31. The third kappa shape index (κ3) is 3.40. The number of hydrogen-bond acceptors (Lipinski definition) is 5. The lowest BCUT2D eigenvalue weighted by atomic mass is 9.76. The van der Waals surface area contributed by atoms with Gasteiger partial charge in [0.1, 0.15) is 23.2 Å². The number of hydrogen-bond donors (Lipinski definition) is 0. The molecule has 142 valence electrons. The van der Waals surface area contributed by atoms with Crippen molar-refractivity contribution in [2.45, 2.75) is 25.4 Å². The Kier molecular flexibility index (Phi) is 5.18. The molecule has 26 heavy (non-hydrogen) atoms.